The molecular weight excluding hydrogens is 292 g/mol. The molecule has 5 heteroatoms. The minimum absolute atomic E-state index is 0.0498. The van der Waals surface area contributed by atoms with Gasteiger partial charge in [0.15, 0.2) is 0 Å². The van der Waals surface area contributed by atoms with Crippen molar-refractivity contribution in [2.24, 2.45) is 5.92 Å². The van der Waals surface area contributed by atoms with E-state index in [4.69, 9.17) is 0 Å². The number of aryl methyl sites for hydroxylation is 1. The summed E-state index contributed by atoms with van der Waals surface area (Å²) in [7, 11) is 0. The Morgan fingerprint density at radius 2 is 2.09 bits per heavy atom. The molecule has 5 nitrogen and oxygen atoms in total. The minimum atomic E-state index is -0.800. The van der Waals surface area contributed by atoms with Gasteiger partial charge in [-0.25, -0.2) is 0 Å². The van der Waals surface area contributed by atoms with Crippen LogP contribution in [0.3, 0.4) is 0 Å². The molecule has 23 heavy (non-hydrogen) atoms. The molecule has 1 amide bonds. The highest BCUT2D eigenvalue weighted by Gasteiger charge is 2.32. The van der Waals surface area contributed by atoms with E-state index in [1.165, 1.54) is 0 Å². The lowest BCUT2D eigenvalue weighted by atomic mass is 9.93. The summed E-state index contributed by atoms with van der Waals surface area (Å²) in [5, 5.41) is 10.3. The molecule has 1 fully saturated rings. The van der Waals surface area contributed by atoms with Crippen LogP contribution in [0.5, 0.6) is 0 Å². The number of rotatable bonds is 4. The summed E-state index contributed by atoms with van der Waals surface area (Å²) in [4.78, 5) is 28.7. The molecule has 2 aromatic rings. The van der Waals surface area contributed by atoms with E-state index in [-0.39, 0.29) is 11.9 Å². The summed E-state index contributed by atoms with van der Waals surface area (Å²) in [6, 6.07) is 8.17. The fraction of sp³-hybridized carbons (Fsp3) is 0.444. The SMILES string of the molecule is CC1CCC(C(=O)O)CN1C(=O)CCc1c[nH]c2ccccc12. The van der Waals surface area contributed by atoms with Gasteiger partial charge in [-0.05, 0) is 37.8 Å². The molecule has 1 aromatic heterocycles. The van der Waals surface area contributed by atoms with Gasteiger partial charge in [-0.1, -0.05) is 18.2 Å². The predicted molar refractivity (Wildman–Crippen MR) is 88.2 cm³/mol. The maximum absolute atomic E-state index is 12.5. The highest BCUT2D eigenvalue weighted by atomic mass is 16.4. The molecule has 0 saturated carbocycles. The monoisotopic (exact) mass is 314 g/mol. The van der Waals surface area contributed by atoms with Gasteiger partial charge in [0.25, 0.3) is 0 Å². The smallest absolute Gasteiger partial charge is 0.308 e. The van der Waals surface area contributed by atoms with E-state index in [2.05, 4.69) is 11.1 Å². The van der Waals surface area contributed by atoms with Crippen molar-refractivity contribution in [1.29, 1.82) is 0 Å². The number of hydrogen-bond acceptors (Lipinski definition) is 2. The lowest BCUT2D eigenvalue weighted by molar-refractivity contribution is -0.147. The van der Waals surface area contributed by atoms with Crippen molar-refractivity contribution in [3.8, 4) is 0 Å². The van der Waals surface area contributed by atoms with Crippen LogP contribution in [-0.2, 0) is 16.0 Å². The molecule has 0 aliphatic carbocycles. The minimum Gasteiger partial charge on any atom is -0.481 e. The largest absolute Gasteiger partial charge is 0.481 e. The molecule has 2 atom stereocenters. The zero-order valence-electron chi connectivity index (χ0n) is 13.3. The van der Waals surface area contributed by atoms with Crippen molar-refractivity contribution in [2.45, 2.75) is 38.6 Å². The highest BCUT2D eigenvalue weighted by molar-refractivity contribution is 5.84. The van der Waals surface area contributed by atoms with Gasteiger partial charge in [0.1, 0.15) is 0 Å². The van der Waals surface area contributed by atoms with Crippen molar-refractivity contribution >= 4 is 22.8 Å². The summed E-state index contributed by atoms with van der Waals surface area (Å²) in [6.07, 6.45) is 4.46. The van der Waals surface area contributed by atoms with Gasteiger partial charge in [0.05, 0.1) is 5.92 Å². The van der Waals surface area contributed by atoms with Crippen LogP contribution in [0, 0.1) is 5.92 Å². The molecule has 2 unspecified atom stereocenters. The summed E-state index contributed by atoms with van der Waals surface area (Å²) >= 11 is 0. The number of carbonyl (C=O) groups is 2. The van der Waals surface area contributed by atoms with E-state index in [0.717, 1.165) is 22.9 Å². The zero-order valence-corrected chi connectivity index (χ0v) is 13.3. The van der Waals surface area contributed by atoms with Gasteiger partial charge in [-0.15, -0.1) is 0 Å². The Morgan fingerprint density at radius 3 is 2.87 bits per heavy atom. The van der Waals surface area contributed by atoms with Gasteiger partial charge in [0, 0.05) is 36.1 Å². The average molecular weight is 314 g/mol. The van der Waals surface area contributed by atoms with Crippen molar-refractivity contribution in [1.82, 2.24) is 9.88 Å². The fourth-order valence-corrected chi connectivity index (χ4v) is 3.38. The van der Waals surface area contributed by atoms with Crippen LogP contribution in [0.1, 0.15) is 31.7 Å². The number of nitrogens with zero attached hydrogens (tertiary/aromatic N) is 1. The molecule has 0 radical (unpaired) electrons. The Hall–Kier alpha value is -2.30. The summed E-state index contributed by atoms with van der Waals surface area (Å²) in [5.41, 5.74) is 2.21. The fourth-order valence-electron chi connectivity index (χ4n) is 3.38. The van der Waals surface area contributed by atoms with E-state index < -0.39 is 11.9 Å². The zero-order chi connectivity index (χ0) is 16.4. The first kappa shape index (κ1) is 15.6. The molecule has 2 N–H and O–H groups in total. The number of para-hydroxylation sites is 1. The second-order valence-electron chi connectivity index (χ2n) is 6.37. The third-order valence-electron chi connectivity index (χ3n) is 4.83. The number of hydrogen-bond donors (Lipinski definition) is 2. The van der Waals surface area contributed by atoms with Crippen LogP contribution >= 0.6 is 0 Å². The predicted octanol–water partition coefficient (Wildman–Crippen LogP) is 2.81. The number of aromatic nitrogens is 1. The van der Waals surface area contributed by atoms with Crippen LogP contribution in [0.15, 0.2) is 30.5 Å². The quantitative estimate of drug-likeness (QED) is 0.911. The number of piperidine rings is 1. The number of H-pyrrole nitrogens is 1. The number of nitrogens with one attached hydrogen (secondary N) is 1. The lowest BCUT2D eigenvalue weighted by Gasteiger charge is -2.36. The number of likely N-dealkylation sites (tertiary alicyclic amines) is 1. The Morgan fingerprint density at radius 1 is 1.30 bits per heavy atom. The summed E-state index contributed by atoms with van der Waals surface area (Å²) in [5.74, 6) is -1.18. The molecule has 0 spiro atoms. The van der Waals surface area contributed by atoms with E-state index in [9.17, 15) is 14.7 Å². The Labute approximate surface area is 135 Å². The van der Waals surface area contributed by atoms with Crippen molar-refractivity contribution in [3.05, 3.63) is 36.0 Å². The maximum atomic E-state index is 12.5. The summed E-state index contributed by atoms with van der Waals surface area (Å²) in [6.45, 7) is 2.34. The molecular formula is C18H22N2O3. The number of amides is 1. The first-order chi connectivity index (χ1) is 11.1. The second kappa shape index (κ2) is 6.44. The second-order valence-corrected chi connectivity index (χ2v) is 6.37. The van der Waals surface area contributed by atoms with Crippen LogP contribution < -0.4 is 0 Å². The average Bonchev–Trinajstić information content (AvgIpc) is 2.96. The molecule has 1 aromatic carbocycles. The first-order valence-corrected chi connectivity index (χ1v) is 8.13. The van der Waals surface area contributed by atoms with Crippen molar-refractivity contribution in [2.75, 3.05) is 6.54 Å². The normalized spacial score (nSPS) is 21.5. The van der Waals surface area contributed by atoms with Crippen LogP contribution in [0.4, 0.5) is 0 Å². The molecule has 122 valence electrons. The standard InChI is InChI=1S/C18H22N2O3/c1-12-6-7-14(18(22)23)11-20(12)17(21)9-8-13-10-19-16-5-3-2-4-15(13)16/h2-5,10,12,14,19H,6-9,11H2,1H3,(H,22,23). The van der Waals surface area contributed by atoms with Gasteiger partial charge in [-0.2, -0.15) is 0 Å². The van der Waals surface area contributed by atoms with Gasteiger partial charge in [0.2, 0.25) is 5.91 Å². The topological polar surface area (TPSA) is 73.4 Å². The maximum Gasteiger partial charge on any atom is 0.308 e. The van der Waals surface area contributed by atoms with E-state index >= 15 is 0 Å². The summed E-state index contributed by atoms with van der Waals surface area (Å²) < 4.78 is 0. The van der Waals surface area contributed by atoms with E-state index in [1.807, 2.05) is 31.3 Å². The lowest BCUT2D eigenvalue weighted by Crippen LogP contribution is -2.47. The van der Waals surface area contributed by atoms with Crippen molar-refractivity contribution in [3.63, 3.8) is 0 Å². The van der Waals surface area contributed by atoms with E-state index in [1.54, 1.807) is 4.90 Å². The van der Waals surface area contributed by atoms with Crippen molar-refractivity contribution < 1.29 is 14.7 Å². The van der Waals surface area contributed by atoms with E-state index in [0.29, 0.717) is 25.8 Å². The third-order valence-corrected chi connectivity index (χ3v) is 4.83. The van der Waals surface area contributed by atoms with Gasteiger partial charge in [-0.3, -0.25) is 9.59 Å². The third kappa shape index (κ3) is 3.23. The van der Waals surface area contributed by atoms with Crippen LogP contribution in [-0.4, -0.2) is 39.5 Å². The number of carbonyl (C=O) groups excluding carboxylic acids is 1. The van der Waals surface area contributed by atoms with Crippen LogP contribution in [0.25, 0.3) is 10.9 Å². The molecule has 2 heterocycles. The number of carboxylic acid groups (broad SMARTS) is 1. The molecule has 1 aliphatic heterocycles. The molecule has 3 rings (SSSR count). The number of carboxylic acids is 1. The number of aromatic amines is 1. The first-order valence-electron chi connectivity index (χ1n) is 8.13. The Bertz CT molecular complexity index is 722. The van der Waals surface area contributed by atoms with Gasteiger partial charge < -0.3 is 15.0 Å². The molecule has 0 bridgehead atoms. The molecule has 1 saturated heterocycles. The number of benzene rings is 1. The Kier molecular flexibility index (Phi) is 4.37. The van der Waals surface area contributed by atoms with Crippen LogP contribution in [0.2, 0.25) is 0 Å². The highest BCUT2D eigenvalue weighted by Crippen LogP contribution is 2.24. The van der Waals surface area contributed by atoms with Gasteiger partial charge >= 0.3 is 5.97 Å². The number of aliphatic carboxylic acids is 1. The molecule has 1 aliphatic rings. The Balaban J connectivity index is 1.65. The number of fused-ring (bicyclic) bond motifs is 1.